The average molecular weight is 336 g/mol. The van der Waals surface area contributed by atoms with Crippen LogP contribution in [-0.2, 0) is 6.42 Å². The van der Waals surface area contributed by atoms with E-state index in [9.17, 15) is 4.79 Å². The van der Waals surface area contributed by atoms with Crippen molar-refractivity contribution in [3.63, 3.8) is 0 Å². The first-order chi connectivity index (χ1) is 12.2. The number of fused-ring (bicyclic) bond motifs is 1. The second-order valence-electron chi connectivity index (χ2n) is 7.45. The molecule has 0 aromatic carbocycles. The van der Waals surface area contributed by atoms with Crippen LogP contribution in [0.2, 0.25) is 0 Å². The lowest BCUT2D eigenvalue weighted by Gasteiger charge is -2.32. The fraction of sp³-hybridized carbons (Fsp3) is 0.500. The summed E-state index contributed by atoms with van der Waals surface area (Å²) in [7, 11) is 0. The zero-order chi connectivity index (χ0) is 17.2. The molecule has 1 aliphatic heterocycles. The summed E-state index contributed by atoms with van der Waals surface area (Å²) in [5.41, 5.74) is 2.83. The van der Waals surface area contributed by atoms with Crippen LogP contribution in [0.1, 0.15) is 41.0 Å². The Bertz CT molecular complexity index is 731. The molecule has 0 radical (unpaired) electrons. The molecule has 2 aromatic heterocycles. The summed E-state index contributed by atoms with van der Waals surface area (Å²) in [4.78, 5) is 27.5. The van der Waals surface area contributed by atoms with E-state index in [1.807, 2.05) is 11.1 Å². The van der Waals surface area contributed by atoms with Crippen molar-refractivity contribution in [1.29, 1.82) is 0 Å². The summed E-state index contributed by atoms with van der Waals surface area (Å²) in [5, 5.41) is 0. The molecule has 2 aromatic rings. The molecule has 0 unspecified atom stereocenters. The number of amides is 1. The van der Waals surface area contributed by atoms with Crippen LogP contribution in [-0.4, -0.2) is 38.8 Å². The van der Waals surface area contributed by atoms with E-state index in [0.717, 1.165) is 19.5 Å². The second kappa shape index (κ2) is 6.90. The molecule has 5 nitrogen and oxygen atoms in total. The second-order valence-corrected chi connectivity index (χ2v) is 7.45. The van der Waals surface area contributed by atoms with E-state index in [0.29, 0.717) is 23.4 Å². The predicted octanol–water partition coefficient (Wildman–Crippen LogP) is 2.91. The number of likely N-dealkylation sites (tertiary alicyclic amines) is 1. The fourth-order valence-electron chi connectivity index (χ4n) is 4.47. The van der Waals surface area contributed by atoms with Gasteiger partial charge in [-0.1, -0.05) is 12.5 Å². The van der Waals surface area contributed by atoms with Gasteiger partial charge in [0.1, 0.15) is 5.69 Å². The smallest absolute Gasteiger partial charge is 0.274 e. The Hall–Kier alpha value is -2.30. The van der Waals surface area contributed by atoms with Crippen molar-refractivity contribution < 1.29 is 4.79 Å². The summed E-state index contributed by atoms with van der Waals surface area (Å²) >= 11 is 0. The maximum Gasteiger partial charge on any atom is 0.274 e. The number of rotatable bonds is 3. The molecule has 0 N–H and O–H groups in total. The van der Waals surface area contributed by atoms with Crippen LogP contribution >= 0.6 is 0 Å². The number of pyridine rings is 1. The number of nitrogens with zero attached hydrogens (tertiary/aromatic N) is 4. The van der Waals surface area contributed by atoms with Crippen molar-refractivity contribution in [3.05, 3.63) is 53.9 Å². The van der Waals surface area contributed by atoms with E-state index in [1.54, 1.807) is 18.6 Å². The van der Waals surface area contributed by atoms with Crippen molar-refractivity contribution in [1.82, 2.24) is 19.9 Å². The van der Waals surface area contributed by atoms with Gasteiger partial charge in [0.05, 0.1) is 6.20 Å². The normalized spacial score (nSPS) is 25.6. The highest BCUT2D eigenvalue weighted by Crippen LogP contribution is 2.41. The number of hydrogen-bond donors (Lipinski definition) is 0. The highest BCUT2D eigenvalue weighted by Gasteiger charge is 2.42. The molecule has 4 rings (SSSR count). The van der Waals surface area contributed by atoms with Crippen LogP contribution in [0.25, 0.3) is 0 Å². The lowest BCUT2D eigenvalue weighted by molar-refractivity contribution is 0.0775. The molecule has 1 aliphatic carbocycles. The third-order valence-corrected chi connectivity index (χ3v) is 5.76. The SMILES string of the molecule is Cc1ccc(C[C@H]2CCC[C@@H]3CN(C(=O)c4cnccn4)C[C@H]23)nc1. The minimum atomic E-state index is 0.0229. The molecular weight excluding hydrogens is 312 g/mol. The van der Waals surface area contributed by atoms with E-state index in [2.05, 4.69) is 34.0 Å². The summed E-state index contributed by atoms with van der Waals surface area (Å²) in [5.74, 6) is 1.84. The van der Waals surface area contributed by atoms with Crippen LogP contribution in [0.3, 0.4) is 0 Å². The fourth-order valence-corrected chi connectivity index (χ4v) is 4.47. The van der Waals surface area contributed by atoms with Gasteiger partial charge in [0, 0.05) is 37.4 Å². The molecule has 25 heavy (non-hydrogen) atoms. The molecule has 3 atom stereocenters. The molecule has 5 heteroatoms. The number of aryl methyl sites for hydroxylation is 1. The predicted molar refractivity (Wildman–Crippen MR) is 94.9 cm³/mol. The van der Waals surface area contributed by atoms with Gasteiger partial charge in [0.15, 0.2) is 0 Å². The Kier molecular flexibility index (Phi) is 4.47. The highest BCUT2D eigenvalue weighted by atomic mass is 16.2. The van der Waals surface area contributed by atoms with E-state index < -0.39 is 0 Å². The van der Waals surface area contributed by atoms with Gasteiger partial charge in [-0.3, -0.25) is 14.8 Å². The summed E-state index contributed by atoms with van der Waals surface area (Å²) in [6.07, 6.45) is 11.5. The van der Waals surface area contributed by atoms with Crippen molar-refractivity contribution in [2.45, 2.75) is 32.6 Å². The first kappa shape index (κ1) is 16.2. The first-order valence-electron chi connectivity index (χ1n) is 9.17. The Balaban J connectivity index is 1.46. The molecule has 1 amide bonds. The van der Waals surface area contributed by atoms with Crippen LogP contribution in [0.4, 0.5) is 0 Å². The van der Waals surface area contributed by atoms with Crippen LogP contribution in [0.15, 0.2) is 36.9 Å². The molecule has 0 spiro atoms. The average Bonchev–Trinajstić information content (AvgIpc) is 3.09. The highest BCUT2D eigenvalue weighted by molar-refractivity contribution is 5.92. The summed E-state index contributed by atoms with van der Waals surface area (Å²) in [6, 6.07) is 4.29. The molecule has 1 saturated heterocycles. The van der Waals surface area contributed by atoms with Gasteiger partial charge in [-0.2, -0.15) is 0 Å². The van der Waals surface area contributed by atoms with Gasteiger partial charge in [0.25, 0.3) is 5.91 Å². The molecule has 2 fully saturated rings. The molecule has 130 valence electrons. The van der Waals surface area contributed by atoms with E-state index in [-0.39, 0.29) is 5.91 Å². The topological polar surface area (TPSA) is 59.0 Å². The number of aromatic nitrogens is 3. The zero-order valence-corrected chi connectivity index (χ0v) is 14.6. The minimum Gasteiger partial charge on any atom is -0.337 e. The summed E-state index contributed by atoms with van der Waals surface area (Å²) in [6.45, 7) is 3.77. The van der Waals surface area contributed by atoms with E-state index in [4.69, 9.17) is 0 Å². The monoisotopic (exact) mass is 336 g/mol. The largest absolute Gasteiger partial charge is 0.337 e. The van der Waals surface area contributed by atoms with Gasteiger partial charge in [-0.05, 0) is 55.6 Å². The molecule has 1 saturated carbocycles. The van der Waals surface area contributed by atoms with Crippen molar-refractivity contribution in [3.8, 4) is 0 Å². The maximum absolute atomic E-state index is 12.7. The lowest BCUT2D eigenvalue weighted by Crippen LogP contribution is -2.31. The molecular formula is C20H24N4O. The van der Waals surface area contributed by atoms with Gasteiger partial charge >= 0.3 is 0 Å². The summed E-state index contributed by atoms with van der Waals surface area (Å²) < 4.78 is 0. The molecule has 0 bridgehead atoms. The maximum atomic E-state index is 12.7. The van der Waals surface area contributed by atoms with Gasteiger partial charge in [-0.15, -0.1) is 0 Å². The molecule has 2 aliphatic rings. The van der Waals surface area contributed by atoms with Crippen LogP contribution in [0.5, 0.6) is 0 Å². The van der Waals surface area contributed by atoms with Crippen LogP contribution in [0, 0.1) is 24.7 Å². The standard InChI is InChI=1S/C20H24N4O/c1-14-5-6-17(23-10-14)9-15-3-2-4-16-12-24(13-18(15)16)20(25)19-11-21-7-8-22-19/h5-8,10-11,15-16,18H,2-4,9,12-13H2,1H3/t15-,16-,18-/m1/s1. The third-order valence-electron chi connectivity index (χ3n) is 5.76. The lowest BCUT2D eigenvalue weighted by atomic mass is 9.72. The van der Waals surface area contributed by atoms with Gasteiger partial charge < -0.3 is 4.90 Å². The van der Waals surface area contributed by atoms with Crippen molar-refractivity contribution >= 4 is 5.91 Å². The first-order valence-corrected chi connectivity index (χ1v) is 9.17. The van der Waals surface area contributed by atoms with E-state index in [1.165, 1.54) is 30.5 Å². The Morgan fingerprint density at radius 3 is 2.84 bits per heavy atom. The van der Waals surface area contributed by atoms with Gasteiger partial charge in [0.2, 0.25) is 0 Å². The Morgan fingerprint density at radius 2 is 2.08 bits per heavy atom. The number of carbonyl (C=O) groups excluding carboxylic acids is 1. The quantitative estimate of drug-likeness (QED) is 0.865. The number of carbonyl (C=O) groups is 1. The zero-order valence-electron chi connectivity index (χ0n) is 14.6. The van der Waals surface area contributed by atoms with Crippen LogP contribution < -0.4 is 0 Å². The third kappa shape index (κ3) is 3.41. The molecule has 3 heterocycles. The Labute approximate surface area is 148 Å². The van der Waals surface area contributed by atoms with Gasteiger partial charge in [-0.25, -0.2) is 4.98 Å². The minimum absolute atomic E-state index is 0.0229. The van der Waals surface area contributed by atoms with Crippen molar-refractivity contribution in [2.75, 3.05) is 13.1 Å². The van der Waals surface area contributed by atoms with E-state index >= 15 is 0 Å². The van der Waals surface area contributed by atoms with Crippen molar-refractivity contribution in [2.24, 2.45) is 17.8 Å². The Morgan fingerprint density at radius 1 is 1.16 bits per heavy atom. The number of hydrogen-bond acceptors (Lipinski definition) is 4.